The van der Waals surface area contributed by atoms with Crippen molar-refractivity contribution in [2.45, 2.75) is 12.2 Å². The molecule has 0 saturated carbocycles. The lowest BCUT2D eigenvalue weighted by atomic mass is 10.1. The molecule has 3 heterocycles. The molecule has 0 spiro atoms. The second kappa shape index (κ2) is 5.37. The summed E-state index contributed by atoms with van der Waals surface area (Å²) in [7, 11) is 0. The highest BCUT2D eigenvalue weighted by atomic mass is 32.1. The lowest BCUT2D eigenvalue weighted by Crippen LogP contribution is -2.05. The van der Waals surface area contributed by atoms with Gasteiger partial charge in [0.1, 0.15) is 36.9 Å². The molecule has 4 nitrogen and oxygen atoms in total. The molecular weight excluding hydrogens is 312 g/mol. The maximum absolute atomic E-state index is 6.00. The van der Waals surface area contributed by atoms with Gasteiger partial charge in [-0.05, 0) is 24.3 Å². The van der Waals surface area contributed by atoms with E-state index in [4.69, 9.17) is 18.9 Å². The van der Waals surface area contributed by atoms with Crippen molar-refractivity contribution in [1.82, 2.24) is 0 Å². The highest BCUT2D eigenvalue weighted by Crippen LogP contribution is 2.43. The summed E-state index contributed by atoms with van der Waals surface area (Å²) in [6.07, 6.45) is 0.496. The van der Waals surface area contributed by atoms with E-state index in [1.165, 1.54) is 9.40 Å². The van der Waals surface area contributed by atoms with E-state index in [1.807, 2.05) is 24.3 Å². The minimum atomic E-state index is 0.248. The van der Waals surface area contributed by atoms with Crippen molar-refractivity contribution in [1.29, 1.82) is 0 Å². The third kappa shape index (κ3) is 2.65. The lowest BCUT2D eigenvalue weighted by molar-refractivity contribution is 0.264. The van der Waals surface area contributed by atoms with Crippen LogP contribution < -0.4 is 9.47 Å². The molecule has 2 fully saturated rings. The van der Waals surface area contributed by atoms with Crippen LogP contribution >= 0.6 is 11.3 Å². The monoisotopic (exact) mass is 328 g/mol. The summed E-state index contributed by atoms with van der Waals surface area (Å²) in [5, 5.41) is 2.28. The Morgan fingerprint density at radius 1 is 0.826 bits per heavy atom. The van der Waals surface area contributed by atoms with E-state index in [0.29, 0.717) is 13.2 Å². The molecule has 0 N–H and O–H groups in total. The largest absolute Gasteiger partial charge is 0.490 e. The maximum atomic E-state index is 6.00. The Morgan fingerprint density at radius 3 is 1.74 bits per heavy atom. The van der Waals surface area contributed by atoms with Gasteiger partial charge in [-0.3, -0.25) is 0 Å². The minimum Gasteiger partial charge on any atom is -0.490 e. The van der Waals surface area contributed by atoms with Crippen molar-refractivity contribution in [3.05, 3.63) is 36.4 Å². The molecule has 2 unspecified atom stereocenters. The normalized spacial score (nSPS) is 22.4. The van der Waals surface area contributed by atoms with E-state index >= 15 is 0 Å². The van der Waals surface area contributed by atoms with E-state index in [0.717, 1.165) is 35.5 Å². The minimum absolute atomic E-state index is 0.248. The van der Waals surface area contributed by atoms with Crippen molar-refractivity contribution >= 4 is 31.5 Å². The summed E-state index contributed by atoms with van der Waals surface area (Å²) in [6.45, 7) is 2.82. The molecule has 2 aromatic carbocycles. The van der Waals surface area contributed by atoms with Crippen molar-refractivity contribution in [3.63, 3.8) is 0 Å². The van der Waals surface area contributed by atoms with Gasteiger partial charge in [-0.15, -0.1) is 11.3 Å². The molecule has 0 bridgehead atoms. The van der Waals surface area contributed by atoms with Crippen LogP contribution in [0.4, 0.5) is 0 Å². The predicted molar refractivity (Wildman–Crippen MR) is 89.8 cm³/mol. The van der Waals surface area contributed by atoms with Crippen LogP contribution in [-0.4, -0.2) is 38.6 Å². The first-order chi connectivity index (χ1) is 11.4. The summed E-state index contributed by atoms with van der Waals surface area (Å²) in [6, 6.07) is 12.4. The molecule has 0 radical (unpaired) electrons. The van der Waals surface area contributed by atoms with Crippen molar-refractivity contribution in [2.75, 3.05) is 26.4 Å². The van der Waals surface area contributed by atoms with Crippen LogP contribution in [0.1, 0.15) is 0 Å². The molecule has 2 aliphatic heterocycles. The summed E-state index contributed by atoms with van der Waals surface area (Å²) < 4.78 is 24.9. The first kappa shape index (κ1) is 13.6. The summed E-state index contributed by atoms with van der Waals surface area (Å²) in [5.41, 5.74) is 0. The van der Waals surface area contributed by atoms with E-state index < -0.39 is 0 Å². The number of ether oxygens (including phenoxy) is 4. The first-order valence-electron chi connectivity index (χ1n) is 7.81. The molecule has 1 aromatic heterocycles. The molecule has 2 atom stereocenters. The summed E-state index contributed by atoms with van der Waals surface area (Å²) in [4.78, 5) is 0. The molecule has 0 aliphatic carbocycles. The zero-order chi connectivity index (χ0) is 15.2. The molecule has 3 aromatic rings. The number of hydrogen-bond donors (Lipinski definition) is 0. The van der Waals surface area contributed by atoms with Gasteiger partial charge in [-0.25, -0.2) is 0 Å². The average molecular weight is 328 g/mol. The summed E-state index contributed by atoms with van der Waals surface area (Å²) in [5.74, 6) is 1.81. The van der Waals surface area contributed by atoms with Crippen LogP contribution in [0.3, 0.4) is 0 Å². The Bertz CT molecular complexity index is 794. The van der Waals surface area contributed by atoms with E-state index in [2.05, 4.69) is 12.1 Å². The standard InChI is InChI=1S/C18H16O4S/c1-3-13(21-9-11-7-19-11)17-15(5-1)23-16-6-2-4-14(18(16)17)22-10-12-8-20-12/h1-6,11-12H,7-10H2. The van der Waals surface area contributed by atoms with Gasteiger partial charge in [-0.2, -0.15) is 0 Å². The van der Waals surface area contributed by atoms with Gasteiger partial charge in [0, 0.05) is 20.2 Å². The molecule has 5 rings (SSSR count). The van der Waals surface area contributed by atoms with Crippen LogP contribution in [0.25, 0.3) is 20.2 Å². The zero-order valence-corrected chi connectivity index (χ0v) is 13.3. The second-order valence-corrected chi connectivity index (χ2v) is 6.98. The maximum Gasteiger partial charge on any atom is 0.128 e. The fourth-order valence-corrected chi connectivity index (χ4v) is 3.88. The highest BCUT2D eigenvalue weighted by molar-refractivity contribution is 7.26. The van der Waals surface area contributed by atoms with Crippen LogP contribution in [0, 0.1) is 0 Å². The van der Waals surface area contributed by atoms with Crippen LogP contribution in [0.15, 0.2) is 36.4 Å². The van der Waals surface area contributed by atoms with Crippen LogP contribution in [0.2, 0.25) is 0 Å². The zero-order valence-electron chi connectivity index (χ0n) is 12.5. The van der Waals surface area contributed by atoms with Gasteiger partial charge in [-0.1, -0.05) is 12.1 Å². The number of thiophene rings is 1. The quantitative estimate of drug-likeness (QED) is 0.648. The number of epoxide rings is 2. The van der Waals surface area contributed by atoms with Gasteiger partial charge in [0.25, 0.3) is 0 Å². The predicted octanol–water partition coefficient (Wildman–Crippen LogP) is 3.61. The third-order valence-electron chi connectivity index (χ3n) is 4.10. The molecule has 2 saturated heterocycles. The molecule has 23 heavy (non-hydrogen) atoms. The molecule has 5 heteroatoms. The van der Waals surface area contributed by atoms with Gasteiger partial charge in [0.05, 0.1) is 13.2 Å². The Hall–Kier alpha value is -1.82. The number of hydrogen-bond acceptors (Lipinski definition) is 5. The van der Waals surface area contributed by atoms with Crippen molar-refractivity contribution in [2.24, 2.45) is 0 Å². The van der Waals surface area contributed by atoms with Crippen LogP contribution in [0.5, 0.6) is 11.5 Å². The molecule has 0 amide bonds. The van der Waals surface area contributed by atoms with Gasteiger partial charge >= 0.3 is 0 Å². The molecular formula is C18H16O4S. The van der Waals surface area contributed by atoms with E-state index in [-0.39, 0.29) is 12.2 Å². The number of rotatable bonds is 6. The Labute approximate surface area is 137 Å². The Kier molecular flexibility index (Phi) is 3.18. The average Bonchev–Trinajstić information content (AvgIpc) is 3.48. The Balaban J connectivity index is 1.60. The first-order valence-corrected chi connectivity index (χ1v) is 8.63. The summed E-state index contributed by atoms with van der Waals surface area (Å²) >= 11 is 1.77. The smallest absolute Gasteiger partial charge is 0.128 e. The van der Waals surface area contributed by atoms with Crippen molar-refractivity contribution < 1.29 is 18.9 Å². The number of benzene rings is 2. The SMILES string of the molecule is c1cc(OCC2CO2)c2c(c1)sc1cccc(OCC3CO3)c12. The van der Waals surface area contributed by atoms with Gasteiger partial charge in [0.2, 0.25) is 0 Å². The van der Waals surface area contributed by atoms with Gasteiger partial charge in [0.15, 0.2) is 0 Å². The van der Waals surface area contributed by atoms with E-state index in [1.54, 1.807) is 11.3 Å². The highest BCUT2D eigenvalue weighted by Gasteiger charge is 2.25. The van der Waals surface area contributed by atoms with E-state index in [9.17, 15) is 0 Å². The van der Waals surface area contributed by atoms with Gasteiger partial charge < -0.3 is 18.9 Å². The molecule has 118 valence electrons. The topological polar surface area (TPSA) is 43.5 Å². The fraction of sp³-hybridized carbons (Fsp3) is 0.333. The lowest BCUT2D eigenvalue weighted by Gasteiger charge is -2.09. The Morgan fingerprint density at radius 2 is 1.30 bits per heavy atom. The second-order valence-electron chi connectivity index (χ2n) is 5.89. The van der Waals surface area contributed by atoms with Crippen molar-refractivity contribution in [3.8, 4) is 11.5 Å². The van der Waals surface area contributed by atoms with Crippen LogP contribution in [-0.2, 0) is 9.47 Å². The third-order valence-corrected chi connectivity index (χ3v) is 5.22. The fourth-order valence-electron chi connectivity index (χ4n) is 2.74. The number of fused-ring (bicyclic) bond motifs is 3. The molecule has 2 aliphatic rings.